The van der Waals surface area contributed by atoms with E-state index >= 15 is 0 Å². The van der Waals surface area contributed by atoms with Crippen molar-refractivity contribution in [1.29, 1.82) is 0 Å². The van der Waals surface area contributed by atoms with E-state index in [-0.39, 0.29) is 11.3 Å². The zero-order valence-electron chi connectivity index (χ0n) is 9.82. The van der Waals surface area contributed by atoms with E-state index < -0.39 is 0 Å². The number of nitrogens with zero attached hydrogens (tertiary/aromatic N) is 1. The number of hydrogen-bond acceptors (Lipinski definition) is 3. The molecule has 0 saturated carbocycles. The van der Waals surface area contributed by atoms with Crippen LogP contribution in [0.3, 0.4) is 0 Å². The lowest BCUT2D eigenvalue weighted by Crippen LogP contribution is -2.16. The Bertz CT molecular complexity index is 603. The maximum absolute atomic E-state index is 11.8. The minimum atomic E-state index is -0.113. The molecule has 4 nitrogen and oxygen atoms in total. The van der Waals surface area contributed by atoms with E-state index in [1.54, 1.807) is 24.3 Å². The zero-order valence-corrected chi connectivity index (χ0v) is 9.82. The molecule has 0 aliphatic heterocycles. The Morgan fingerprint density at radius 3 is 2.76 bits per heavy atom. The van der Waals surface area contributed by atoms with E-state index in [2.05, 4.69) is 9.97 Å². The summed E-state index contributed by atoms with van der Waals surface area (Å²) in [7, 11) is 0. The Balaban J connectivity index is 2.58. The molecule has 0 radical (unpaired) electrons. The molecule has 0 bridgehead atoms. The number of aromatic nitrogens is 2. The highest BCUT2D eigenvalue weighted by Gasteiger charge is 2.07. The summed E-state index contributed by atoms with van der Waals surface area (Å²) in [5.74, 6) is 0.642. The third-order valence-corrected chi connectivity index (χ3v) is 2.70. The van der Waals surface area contributed by atoms with Gasteiger partial charge in [-0.25, -0.2) is 4.98 Å². The molecule has 0 atom stereocenters. The highest BCUT2D eigenvalue weighted by atomic mass is 16.3. The summed E-state index contributed by atoms with van der Waals surface area (Å²) in [4.78, 5) is 18.9. The number of hydrogen-bond donors (Lipinski definition) is 2. The van der Waals surface area contributed by atoms with Gasteiger partial charge in [0.25, 0.3) is 5.56 Å². The SMILES string of the molecule is CCc1c(C)nc(-c2cccc(O)c2)[nH]c1=O. The Labute approximate surface area is 99.0 Å². The van der Waals surface area contributed by atoms with Crippen LogP contribution < -0.4 is 5.56 Å². The zero-order chi connectivity index (χ0) is 12.4. The number of nitrogens with one attached hydrogen (secondary N) is 1. The summed E-state index contributed by atoms with van der Waals surface area (Å²) in [6, 6.07) is 6.66. The van der Waals surface area contributed by atoms with E-state index in [1.807, 2.05) is 13.8 Å². The van der Waals surface area contributed by atoms with Crippen LogP contribution in [-0.2, 0) is 6.42 Å². The number of phenolic OH excluding ortho intramolecular Hbond substituents is 1. The number of H-pyrrole nitrogens is 1. The van der Waals surface area contributed by atoms with Gasteiger partial charge in [-0.3, -0.25) is 4.79 Å². The molecule has 88 valence electrons. The molecule has 1 aromatic heterocycles. The Hall–Kier alpha value is -2.10. The van der Waals surface area contributed by atoms with Gasteiger partial charge in [0.2, 0.25) is 0 Å². The van der Waals surface area contributed by atoms with Crippen LogP contribution in [0, 0.1) is 6.92 Å². The monoisotopic (exact) mass is 230 g/mol. The summed E-state index contributed by atoms with van der Waals surface area (Å²) in [6.07, 6.45) is 0.661. The maximum atomic E-state index is 11.8. The van der Waals surface area contributed by atoms with Crippen LogP contribution in [0.15, 0.2) is 29.1 Å². The molecule has 1 heterocycles. The summed E-state index contributed by atoms with van der Waals surface area (Å²) in [5, 5.41) is 9.39. The number of aromatic amines is 1. The second kappa shape index (κ2) is 4.41. The summed E-state index contributed by atoms with van der Waals surface area (Å²) in [5.41, 5.74) is 2.02. The molecule has 2 aromatic rings. The smallest absolute Gasteiger partial charge is 0.254 e. The van der Waals surface area contributed by atoms with Crippen LogP contribution >= 0.6 is 0 Å². The third kappa shape index (κ3) is 2.20. The van der Waals surface area contributed by atoms with Crippen LogP contribution in [0.5, 0.6) is 5.75 Å². The molecule has 0 aliphatic carbocycles. The van der Waals surface area contributed by atoms with Gasteiger partial charge in [0.15, 0.2) is 0 Å². The molecule has 0 saturated heterocycles. The van der Waals surface area contributed by atoms with E-state index in [0.29, 0.717) is 23.4 Å². The highest BCUT2D eigenvalue weighted by Crippen LogP contribution is 2.19. The minimum absolute atomic E-state index is 0.113. The number of rotatable bonds is 2. The molecule has 4 heteroatoms. The minimum Gasteiger partial charge on any atom is -0.508 e. The molecule has 0 amide bonds. The van der Waals surface area contributed by atoms with E-state index in [0.717, 1.165) is 5.69 Å². The van der Waals surface area contributed by atoms with Crippen LogP contribution in [-0.4, -0.2) is 15.1 Å². The molecule has 0 spiro atoms. The van der Waals surface area contributed by atoms with Gasteiger partial charge in [-0.15, -0.1) is 0 Å². The standard InChI is InChI=1S/C13H14N2O2/c1-3-11-8(2)14-12(15-13(11)17)9-5-4-6-10(16)7-9/h4-7,16H,3H2,1-2H3,(H,14,15,17). The van der Waals surface area contributed by atoms with E-state index in [4.69, 9.17) is 0 Å². The van der Waals surface area contributed by atoms with Crippen molar-refractivity contribution < 1.29 is 5.11 Å². The van der Waals surface area contributed by atoms with Crippen molar-refractivity contribution in [3.05, 3.63) is 45.9 Å². The van der Waals surface area contributed by atoms with Crippen molar-refractivity contribution >= 4 is 0 Å². The van der Waals surface area contributed by atoms with Gasteiger partial charge in [-0.05, 0) is 25.5 Å². The normalized spacial score (nSPS) is 10.5. The second-order valence-electron chi connectivity index (χ2n) is 3.88. The molecular weight excluding hydrogens is 216 g/mol. The largest absolute Gasteiger partial charge is 0.508 e. The van der Waals surface area contributed by atoms with E-state index in [9.17, 15) is 9.90 Å². The quantitative estimate of drug-likeness (QED) is 0.829. The van der Waals surface area contributed by atoms with Crippen LogP contribution in [0.4, 0.5) is 0 Å². The van der Waals surface area contributed by atoms with Crippen LogP contribution in [0.25, 0.3) is 11.4 Å². The average molecular weight is 230 g/mol. The molecule has 0 aliphatic rings. The van der Waals surface area contributed by atoms with Gasteiger partial charge < -0.3 is 10.1 Å². The lowest BCUT2D eigenvalue weighted by Gasteiger charge is -2.05. The van der Waals surface area contributed by atoms with Gasteiger partial charge in [-0.1, -0.05) is 19.1 Å². The molecule has 17 heavy (non-hydrogen) atoms. The van der Waals surface area contributed by atoms with Gasteiger partial charge >= 0.3 is 0 Å². The Morgan fingerprint density at radius 2 is 2.18 bits per heavy atom. The third-order valence-electron chi connectivity index (χ3n) is 2.70. The summed E-state index contributed by atoms with van der Waals surface area (Å²) >= 11 is 0. The van der Waals surface area contributed by atoms with Crippen molar-refractivity contribution in [2.75, 3.05) is 0 Å². The van der Waals surface area contributed by atoms with Crippen molar-refractivity contribution in [2.45, 2.75) is 20.3 Å². The van der Waals surface area contributed by atoms with Gasteiger partial charge in [0, 0.05) is 16.8 Å². The number of aryl methyl sites for hydroxylation is 1. The van der Waals surface area contributed by atoms with Crippen molar-refractivity contribution in [2.24, 2.45) is 0 Å². The molecule has 0 unspecified atom stereocenters. The predicted octanol–water partition coefficient (Wildman–Crippen LogP) is 2.01. The van der Waals surface area contributed by atoms with Gasteiger partial charge in [0.1, 0.15) is 11.6 Å². The first-order valence-corrected chi connectivity index (χ1v) is 5.51. The first-order valence-electron chi connectivity index (χ1n) is 5.51. The van der Waals surface area contributed by atoms with Gasteiger partial charge in [0.05, 0.1) is 0 Å². The molecular formula is C13H14N2O2. The number of phenols is 1. The fourth-order valence-electron chi connectivity index (χ4n) is 1.82. The van der Waals surface area contributed by atoms with Crippen molar-refractivity contribution in [3.63, 3.8) is 0 Å². The Morgan fingerprint density at radius 1 is 1.41 bits per heavy atom. The highest BCUT2D eigenvalue weighted by molar-refractivity contribution is 5.57. The average Bonchev–Trinajstić information content (AvgIpc) is 2.28. The fourth-order valence-corrected chi connectivity index (χ4v) is 1.82. The van der Waals surface area contributed by atoms with Gasteiger partial charge in [-0.2, -0.15) is 0 Å². The Kier molecular flexibility index (Phi) is 2.95. The summed E-state index contributed by atoms with van der Waals surface area (Å²) < 4.78 is 0. The molecule has 2 N–H and O–H groups in total. The first kappa shape index (κ1) is 11.4. The lowest BCUT2D eigenvalue weighted by atomic mass is 10.1. The fraction of sp³-hybridized carbons (Fsp3) is 0.231. The lowest BCUT2D eigenvalue weighted by molar-refractivity contribution is 0.475. The van der Waals surface area contributed by atoms with Crippen molar-refractivity contribution in [3.8, 4) is 17.1 Å². The van der Waals surface area contributed by atoms with Crippen LogP contribution in [0.2, 0.25) is 0 Å². The topological polar surface area (TPSA) is 66.0 Å². The maximum Gasteiger partial charge on any atom is 0.254 e. The molecule has 1 aromatic carbocycles. The second-order valence-corrected chi connectivity index (χ2v) is 3.88. The number of benzene rings is 1. The number of aromatic hydroxyl groups is 1. The van der Waals surface area contributed by atoms with Crippen molar-refractivity contribution in [1.82, 2.24) is 9.97 Å². The summed E-state index contributed by atoms with van der Waals surface area (Å²) in [6.45, 7) is 3.74. The predicted molar refractivity (Wildman–Crippen MR) is 66.1 cm³/mol. The van der Waals surface area contributed by atoms with E-state index in [1.165, 1.54) is 0 Å². The molecule has 0 fully saturated rings. The molecule has 2 rings (SSSR count). The first-order chi connectivity index (χ1) is 8.11. The van der Waals surface area contributed by atoms with Crippen LogP contribution in [0.1, 0.15) is 18.2 Å².